The number of aromatic nitrogens is 3. The fraction of sp³-hybridized carbons (Fsp3) is 0.375. The molecule has 1 saturated heterocycles. The first kappa shape index (κ1) is 15.5. The van der Waals surface area contributed by atoms with Gasteiger partial charge in [0, 0.05) is 31.4 Å². The van der Waals surface area contributed by atoms with Crippen LogP contribution in [0.2, 0.25) is 5.15 Å². The largest absolute Gasteiger partial charge is 0.367 e. The molecule has 1 aliphatic heterocycles. The zero-order valence-electron chi connectivity index (χ0n) is 12.8. The molecular weight excluding hydrogens is 312 g/mol. The van der Waals surface area contributed by atoms with Crippen LogP contribution in [0, 0.1) is 18.3 Å². The van der Waals surface area contributed by atoms with Gasteiger partial charge in [-0.3, -0.25) is 0 Å². The minimum atomic E-state index is 0.356. The van der Waals surface area contributed by atoms with Gasteiger partial charge in [-0.1, -0.05) is 11.6 Å². The Balaban J connectivity index is 1.58. The second-order valence-corrected chi connectivity index (χ2v) is 5.93. The molecule has 1 aliphatic rings. The number of anilines is 2. The number of piperidine rings is 1. The standard InChI is InChI=1S/C16H17ClN6/c1-11-20-14(17)8-15(21-11)22-13-4-6-23(7-5-13)16-3-2-12(9-18)10-19-16/h2-3,8,10,13H,4-7H2,1H3,(H,20,21,22). The Morgan fingerprint density at radius 3 is 2.70 bits per heavy atom. The number of rotatable bonds is 3. The van der Waals surface area contributed by atoms with Crippen LogP contribution in [0.5, 0.6) is 0 Å². The highest BCUT2D eigenvalue weighted by atomic mass is 35.5. The van der Waals surface area contributed by atoms with Crippen molar-refractivity contribution in [3.05, 3.63) is 40.9 Å². The van der Waals surface area contributed by atoms with E-state index < -0.39 is 0 Å². The van der Waals surface area contributed by atoms with Gasteiger partial charge in [0.2, 0.25) is 0 Å². The number of pyridine rings is 1. The van der Waals surface area contributed by atoms with E-state index in [0.29, 0.717) is 22.6 Å². The zero-order valence-corrected chi connectivity index (χ0v) is 13.6. The van der Waals surface area contributed by atoms with Gasteiger partial charge in [-0.15, -0.1) is 0 Å². The summed E-state index contributed by atoms with van der Waals surface area (Å²) in [6.45, 7) is 3.65. The normalized spacial score (nSPS) is 15.3. The summed E-state index contributed by atoms with van der Waals surface area (Å²) in [7, 11) is 0. The van der Waals surface area contributed by atoms with Crippen LogP contribution in [0.4, 0.5) is 11.6 Å². The Morgan fingerprint density at radius 1 is 1.30 bits per heavy atom. The second kappa shape index (κ2) is 6.80. The molecule has 7 heteroatoms. The lowest BCUT2D eigenvalue weighted by molar-refractivity contribution is 0.522. The van der Waals surface area contributed by atoms with Crippen LogP contribution in [-0.2, 0) is 0 Å². The van der Waals surface area contributed by atoms with Gasteiger partial charge in [0.15, 0.2) is 0 Å². The topological polar surface area (TPSA) is 77.7 Å². The molecule has 1 N–H and O–H groups in total. The highest BCUT2D eigenvalue weighted by molar-refractivity contribution is 6.29. The molecule has 0 aromatic carbocycles. The van der Waals surface area contributed by atoms with E-state index in [-0.39, 0.29) is 0 Å². The SMILES string of the molecule is Cc1nc(Cl)cc(NC2CCN(c3ccc(C#N)cn3)CC2)n1. The average Bonchev–Trinajstić information content (AvgIpc) is 2.55. The molecule has 0 unspecified atom stereocenters. The van der Waals surface area contributed by atoms with E-state index in [1.807, 2.05) is 13.0 Å². The van der Waals surface area contributed by atoms with Crippen molar-refractivity contribution >= 4 is 23.2 Å². The molecule has 1 fully saturated rings. The van der Waals surface area contributed by atoms with Crippen LogP contribution in [0.1, 0.15) is 24.2 Å². The van der Waals surface area contributed by atoms with Crippen LogP contribution in [-0.4, -0.2) is 34.1 Å². The number of nitriles is 1. The van der Waals surface area contributed by atoms with Gasteiger partial charge in [-0.05, 0) is 31.9 Å². The predicted octanol–water partition coefficient (Wildman–Crippen LogP) is 2.79. The number of nitrogens with zero attached hydrogens (tertiary/aromatic N) is 5. The highest BCUT2D eigenvalue weighted by Gasteiger charge is 2.20. The highest BCUT2D eigenvalue weighted by Crippen LogP contribution is 2.21. The van der Waals surface area contributed by atoms with Crippen molar-refractivity contribution < 1.29 is 0 Å². The molecule has 6 nitrogen and oxygen atoms in total. The molecule has 0 amide bonds. The Kier molecular flexibility index (Phi) is 4.58. The lowest BCUT2D eigenvalue weighted by Gasteiger charge is -2.33. The van der Waals surface area contributed by atoms with Gasteiger partial charge in [0.1, 0.15) is 28.7 Å². The van der Waals surface area contributed by atoms with Crippen LogP contribution in [0.25, 0.3) is 0 Å². The van der Waals surface area contributed by atoms with Gasteiger partial charge in [-0.2, -0.15) is 5.26 Å². The van der Waals surface area contributed by atoms with E-state index in [1.54, 1.807) is 18.3 Å². The lowest BCUT2D eigenvalue weighted by Crippen LogP contribution is -2.39. The molecule has 2 aromatic rings. The summed E-state index contributed by atoms with van der Waals surface area (Å²) in [5.74, 6) is 2.36. The lowest BCUT2D eigenvalue weighted by atomic mass is 10.0. The fourth-order valence-corrected chi connectivity index (χ4v) is 2.93. The first-order valence-corrected chi connectivity index (χ1v) is 7.90. The maximum atomic E-state index is 8.82. The molecular formula is C16H17ClN6. The monoisotopic (exact) mass is 328 g/mol. The summed E-state index contributed by atoms with van der Waals surface area (Å²) in [4.78, 5) is 15.0. The third kappa shape index (κ3) is 3.88. The molecule has 0 aliphatic carbocycles. The van der Waals surface area contributed by atoms with Crippen molar-refractivity contribution in [3.8, 4) is 6.07 Å². The summed E-state index contributed by atoms with van der Waals surface area (Å²) in [5, 5.41) is 12.7. The summed E-state index contributed by atoms with van der Waals surface area (Å²) in [5.41, 5.74) is 0.585. The first-order valence-electron chi connectivity index (χ1n) is 7.53. The molecule has 3 heterocycles. The minimum Gasteiger partial charge on any atom is -0.367 e. The van der Waals surface area contributed by atoms with Crippen molar-refractivity contribution in [2.45, 2.75) is 25.8 Å². The molecule has 2 aromatic heterocycles. The average molecular weight is 329 g/mol. The number of hydrogen-bond donors (Lipinski definition) is 1. The van der Waals surface area contributed by atoms with E-state index in [4.69, 9.17) is 16.9 Å². The van der Waals surface area contributed by atoms with Gasteiger partial charge in [-0.25, -0.2) is 15.0 Å². The summed E-state index contributed by atoms with van der Waals surface area (Å²) >= 11 is 5.97. The molecule has 0 atom stereocenters. The van der Waals surface area contributed by atoms with Gasteiger partial charge >= 0.3 is 0 Å². The maximum absolute atomic E-state index is 8.82. The fourth-order valence-electron chi connectivity index (χ4n) is 2.71. The van der Waals surface area contributed by atoms with Crippen LogP contribution in [0.3, 0.4) is 0 Å². The van der Waals surface area contributed by atoms with Crippen LogP contribution < -0.4 is 10.2 Å². The molecule has 0 saturated carbocycles. The Morgan fingerprint density at radius 2 is 2.09 bits per heavy atom. The predicted molar refractivity (Wildman–Crippen MR) is 89.6 cm³/mol. The molecule has 118 valence electrons. The van der Waals surface area contributed by atoms with Gasteiger partial charge < -0.3 is 10.2 Å². The number of halogens is 1. The van der Waals surface area contributed by atoms with Gasteiger partial charge in [0.05, 0.1) is 5.56 Å². The number of nitrogens with one attached hydrogen (secondary N) is 1. The van der Waals surface area contributed by atoms with Crippen molar-refractivity contribution in [3.63, 3.8) is 0 Å². The quantitative estimate of drug-likeness (QED) is 0.873. The van der Waals surface area contributed by atoms with E-state index in [2.05, 4.69) is 31.2 Å². The summed E-state index contributed by atoms with van der Waals surface area (Å²) in [6.07, 6.45) is 3.59. The van der Waals surface area contributed by atoms with E-state index in [9.17, 15) is 0 Å². The molecule has 3 rings (SSSR count). The molecule has 0 bridgehead atoms. The molecule has 0 spiro atoms. The Labute approximate surface area is 140 Å². The Bertz CT molecular complexity index is 696. The maximum Gasteiger partial charge on any atom is 0.134 e. The summed E-state index contributed by atoms with van der Waals surface area (Å²) in [6, 6.07) is 7.90. The van der Waals surface area contributed by atoms with Crippen molar-refractivity contribution in [2.24, 2.45) is 0 Å². The minimum absolute atomic E-state index is 0.356. The number of hydrogen-bond acceptors (Lipinski definition) is 6. The summed E-state index contributed by atoms with van der Waals surface area (Å²) < 4.78 is 0. The number of aryl methyl sites for hydroxylation is 1. The van der Waals surface area contributed by atoms with Crippen LogP contribution >= 0.6 is 11.6 Å². The first-order chi connectivity index (χ1) is 11.1. The van der Waals surface area contributed by atoms with Gasteiger partial charge in [0.25, 0.3) is 0 Å². The third-order valence-corrected chi connectivity index (χ3v) is 4.05. The van der Waals surface area contributed by atoms with Crippen molar-refractivity contribution in [2.75, 3.05) is 23.3 Å². The van der Waals surface area contributed by atoms with E-state index >= 15 is 0 Å². The smallest absolute Gasteiger partial charge is 0.134 e. The van der Waals surface area contributed by atoms with E-state index in [0.717, 1.165) is 37.6 Å². The van der Waals surface area contributed by atoms with Crippen molar-refractivity contribution in [1.82, 2.24) is 15.0 Å². The third-order valence-electron chi connectivity index (χ3n) is 3.85. The van der Waals surface area contributed by atoms with Crippen molar-refractivity contribution in [1.29, 1.82) is 5.26 Å². The molecule has 0 radical (unpaired) electrons. The van der Waals surface area contributed by atoms with Crippen LogP contribution in [0.15, 0.2) is 24.4 Å². The molecule has 23 heavy (non-hydrogen) atoms. The zero-order chi connectivity index (χ0) is 16.2. The van der Waals surface area contributed by atoms with E-state index in [1.165, 1.54) is 0 Å². The Hall–Kier alpha value is -2.39. The second-order valence-electron chi connectivity index (χ2n) is 5.55.